The van der Waals surface area contributed by atoms with Crippen molar-refractivity contribution in [3.63, 3.8) is 0 Å². The first-order valence-electron chi connectivity index (χ1n) is 23.3. The van der Waals surface area contributed by atoms with Crippen molar-refractivity contribution in [1.82, 2.24) is 24.1 Å². The lowest BCUT2D eigenvalue weighted by Crippen LogP contribution is -2.01. The van der Waals surface area contributed by atoms with Crippen molar-refractivity contribution in [1.29, 1.82) is 0 Å². The zero-order valence-corrected chi connectivity index (χ0v) is 37.2. The van der Waals surface area contributed by atoms with E-state index in [0.717, 1.165) is 110 Å². The van der Waals surface area contributed by atoms with E-state index in [9.17, 15) is 0 Å². The maximum absolute atomic E-state index is 7.31. The molecule has 14 aromatic rings. The molecule has 14 rings (SSSR count). The van der Waals surface area contributed by atoms with Gasteiger partial charge in [-0.05, 0) is 76.9 Å². The number of rotatable bonds is 7. The molecule has 0 atom stereocenters. The average Bonchev–Trinajstić information content (AvgIpc) is 4.10. The Morgan fingerprint density at radius 2 is 0.652 bits per heavy atom. The van der Waals surface area contributed by atoms with Crippen molar-refractivity contribution in [2.45, 2.75) is 0 Å². The van der Waals surface area contributed by atoms with Gasteiger partial charge in [-0.2, -0.15) is 0 Å². The van der Waals surface area contributed by atoms with Crippen LogP contribution in [0.15, 0.2) is 241 Å². The molecule has 6 heteroatoms. The molecule has 4 heterocycles. The summed E-state index contributed by atoms with van der Waals surface area (Å²) in [5.41, 5.74) is 15.2. The van der Waals surface area contributed by atoms with Crippen molar-refractivity contribution < 1.29 is 4.42 Å². The van der Waals surface area contributed by atoms with Crippen LogP contribution in [-0.2, 0) is 0 Å². The molecular formula is C63H39N5O. The van der Waals surface area contributed by atoms with Gasteiger partial charge in [-0.3, -0.25) is 0 Å². The lowest BCUT2D eigenvalue weighted by atomic mass is 10.0. The lowest BCUT2D eigenvalue weighted by Gasteiger charge is -2.12. The average molecular weight is 882 g/mol. The van der Waals surface area contributed by atoms with Gasteiger partial charge in [0, 0.05) is 60.4 Å². The first-order valence-corrected chi connectivity index (χ1v) is 23.3. The molecule has 322 valence electrons. The van der Waals surface area contributed by atoms with Gasteiger partial charge in [-0.1, -0.05) is 182 Å². The molecule has 6 nitrogen and oxygen atoms in total. The Balaban J connectivity index is 0.975. The smallest absolute Gasteiger partial charge is 0.164 e. The minimum atomic E-state index is 0.583. The van der Waals surface area contributed by atoms with Gasteiger partial charge in [0.2, 0.25) is 0 Å². The van der Waals surface area contributed by atoms with E-state index < -0.39 is 0 Å². The molecule has 10 aromatic carbocycles. The van der Waals surface area contributed by atoms with Gasteiger partial charge in [0.25, 0.3) is 0 Å². The van der Waals surface area contributed by atoms with Crippen LogP contribution >= 0.6 is 0 Å². The third kappa shape index (κ3) is 6.30. The number of nitrogens with zero attached hydrogens (tertiary/aromatic N) is 5. The highest BCUT2D eigenvalue weighted by atomic mass is 16.3. The van der Waals surface area contributed by atoms with Crippen molar-refractivity contribution in [3.05, 3.63) is 237 Å². The number of furan rings is 1. The van der Waals surface area contributed by atoms with Crippen molar-refractivity contribution in [2.24, 2.45) is 0 Å². The van der Waals surface area contributed by atoms with Gasteiger partial charge in [0.1, 0.15) is 0 Å². The summed E-state index contributed by atoms with van der Waals surface area (Å²) in [5, 5.41) is 6.73. The molecule has 0 amide bonds. The van der Waals surface area contributed by atoms with Gasteiger partial charge in [0.05, 0.1) is 22.1 Å². The third-order valence-electron chi connectivity index (χ3n) is 13.6. The standard InChI is InChI=1S/C63H39N5O/c1-4-16-40(17-5-1)42-30-32-43(33-31-42)61-64-62(45-21-14-20-44(38-45)41-18-6-2-7-19-41)66-63(65-61)46-22-15-25-48(39-46)68-56-29-13-11-27-50(56)52-35-37-54-53-36-34-51-49-26-10-12-28-55(49)67(47-23-8-3-9-24-47)57(51)59(53)69-60(54)58(52)68/h1-39H. The van der Waals surface area contributed by atoms with Crippen LogP contribution in [0.4, 0.5) is 0 Å². The molecule has 0 aliphatic heterocycles. The van der Waals surface area contributed by atoms with Gasteiger partial charge in [0.15, 0.2) is 28.6 Å². The Hall–Kier alpha value is -9.39. The first-order chi connectivity index (χ1) is 34.2. The summed E-state index contributed by atoms with van der Waals surface area (Å²) in [4.78, 5) is 15.7. The normalized spacial score (nSPS) is 11.8. The van der Waals surface area contributed by atoms with Crippen LogP contribution in [0.5, 0.6) is 0 Å². The predicted octanol–water partition coefficient (Wildman–Crippen LogP) is 16.3. The fraction of sp³-hybridized carbons (Fsp3) is 0. The number of fused-ring (bicyclic) bond motifs is 11. The molecule has 69 heavy (non-hydrogen) atoms. The molecule has 0 aliphatic carbocycles. The third-order valence-corrected chi connectivity index (χ3v) is 13.6. The van der Waals surface area contributed by atoms with E-state index in [1.54, 1.807) is 0 Å². The van der Waals surface area contributed by atoms with Crippen LogP contribution in [0.3, 0.4) is 0 Å². The van der Waals surface area contributed by atoms with Crippen LogP contribution in [0.2, 0.25) is 0 Å². The fourth-order valence-electron chi connectivity index (χ4n) is 10.4. The molecule has 0 unspecified atom stereocenters. The summed E-state index contributed by atoms with van der Waals surface area (Å²) < 4.78 is 12.0. The highest BCUT2D eigenvalue weighted by Gasteiger charge is 2.23. The minimum absolute atomic E-state index is 0.583. The Bertz CT molecular complexity index is 4280. The van der Waals surface area contributed by atoms with Gasteiger partial charge in [-0.25, -0.2) is 15.0 Å². The van der Waals surface area contributed by atoms with Gasteiger partial charge < -0.3 is 13.6 Å². The summed E-state index contributed by atoms with van der Waals surface area (Å²) in [6, 6.07) is 83.1. The summed E-state index contributed by atoms with van der Waals surface area (Å²) in [6.45, 7) is 0. The summed E-state index contributed by atoms with van der Waals surface area (Å²) in [5.74, 6) is 1.79. The topological polar surface area (TPSA) is 61.7 Å². The van der Waals surface area contributed by atoms with Crippen molar-refractivity contribution in [3.8, 4) is 67.8 Å². The number of hydrogen-bond acceptors (Lipinski definition) is 4. The predicted molar refractivity (Wildman–Crippen MR) is 283 cm³/mol. The Morgan fingerprint density at radius 3 is 1.25 bits per heavy atom. The Morgan fingerprint density at radius 1 is 0.261 bits per heavy atom. The summed E-state index contributed by atoms with van der Waals surface area (Å²) in [7, 11) is 0. The van der Waals surface area contributed by atoms with Crippen molar-refractivity contribution in [2.75, 3.05) is 0 Å². The van der Waals surface area contributed by atoms with Crippen LogP contribution in [0.1, 0.15) is 0 Å². The first kappa shape index (κ1) is 38.8. The SMILES string of the molecule is c1ccc(-c2ccc(-c3nc(-c4cccc(-c5ccccc5)c4)nc(-c4cccc(-n5c6ccccc6c6ccc7c8ccc9c%10ccccc%10n(-c%10ccccc%10)c9c8oc7c65)c4)n3)cc2)cc1. The van der Waals surface area contributed by atoms with E-state index in [4.69, 9.17) is 19.4 Å². The molecule has 0 spiro atoms. The van der Waals surface area contributed by atoms with Crippen LogP contribution in [0.25, 0.3) is 133 Å². The van der Waals surface area contributed by atoms with E-state index in [1.165, 1.54) is 5.39 Å². The van der Waals surface area contributed by atoms with Crippen LogP contribution in [0, 0.1) is 0 Å². The quantitative estimate of drug-likeness (QED) is 0.160. The van der Waals surface area contributed by atoms with Gasteiger partial charge in [-0.15, -0.1) is 0 Å². The van der Waals surface area contributed by atoms with E-state index in [-0.39, 0.29) is 0 Å². The zero-order valence-electron chi connectivity index (χ0n) is 37.2. The zero-order chi connectivity index (χ0) is 45.4. The molecule has 0 fully saturated rings. The van der Waals surface area contributed by atoms with Crippen LogP contribution < -0.4 is 0 Å². The second-order valence-electron chi connectivity index (χ2n) is 17.6. The highest BCUT2D eigenvalue weighted by Crippen LogP contribution is 2.44. The summed E-state index contributed by atoms with van der Waals surface area (Å²) in [6.07, 6.45) is 0. The highest BCUT2D eigenvalue weighted by molar-refractivity contribution is 6.26. The maximum atomic E-state index is 7.31. The molecule has 0 N–H and O–H groups in total. The van der Waals surface area contributed by atoms with Gasteiger partial charge >= 0.3 is 0 Å². The molecule has 0 bridgehead atoms. The fourth-order valence-corrected chi connectivity index (χ4v) is 10.4. The van der Waals surface area contributed by atoms with Crippen LogP contribution in [-0.4, -0.2) is 24.1 Å². The van der Waals surface area contributed by atoms with E-state index in [1.807, 2.05) is 12.1 Å². The van der Waals surface area contributed by atoms with E-state index in [2.05, 4.69) is 234 Å². The molecule has 0 saturated heterocycles. The number of benzene rings is 10. The molecule has 4 aromatic heterocycles. The van der Waals surface area contributed by atoms with Crippen molar-refractivity contribution >= 4 is 65.6 Å². The monoisotopic (exact) mass is 881 g/mol. The molecule has 0 saturated carbocycles. The maximum Gasteiger partial charge on any atom is 0.164 e. The molecule has 0 aliphatic rings. The largest absolute Gasteiger partial charge is 0.452 e. The van der Waals surface area contributed by atoms with E-state index >= 15 is 0 Å². The van der Waals surface area contributed by atoms with E-state index in [0.29, 0.717) is 17.5 Å². The Kier molecular flexibility index (Phi) is 8.79. The number of aromatic nitrogens is 5. The Labute approximate surface area is 396 Å². The second-order valence-corrected chi connectivity index (χ2v) is 17.6. The molecular weight excluding hydrogens is 843 g/mol. The number of para-hydroxylation sites is 3. The molecule has 0 radical (unpaired) electrons. The second kappa shape index (κ2) is 15.6. The lowest BCUT2D eigenvalue weighted by molar-refractivity contribution is 0.673. The summed E-state index contributed by atoms with van der Waals surface area (Å²) >= 11 is 0. The minimum Gasteiger partial charge on any atom is -0.452 e. The number of hydrogen-bond donors (Lipinski definition) is 0.